The van der Waals surface area contributed by atoms with Gasteiger partial charge in [0.15, 0.2) is 0 Å². The molecule has 1 nitrogen and oxygen atoms in total. The molecule has 0 radical (unpaired) electrons. The zero-order valence-electron chi connectivity index (χ0n) is 25.1. The summed E-state index contributed by atoms with van der Waals surface area (Å²) in [6, 6.07) is 42.8. The summed E-state index contributed by atoms with van der Waals surface area (Å²) in [4.78, 5) is 0. The molecule has 0 saturated carbocycles. The quantitative estimate of drug-likeness (QED) is 0.227. The summed E-state index contributed by atoms with van der Waals surface area (Å²) in [5, 5.41) is 3.65. The van der Waals surface area contributed by atoms with Gasteiger partial charge in [-0.3, -0.25) is 0 Å². The van der Waals surface area contributed by atoms with E-state index in [1.165, 1.54) is 50.1 Å². The second kappa shape index (κ2) is 9.99. The van der Waals surface area contributed by atoms with Crippen molar-refractivity contribution in [3.8, 4) is 22.3 Å². The van der Waals surface area contributed by atoms with E-state index in [1.807, 2.05) is 0 Å². The highest BCUT2D eigenvalue weighted by atomic mass is 14.9. The van der Waals surface area contributed by atoms with Crippen LogP contribution in [-0.2, 0) is 5.41 Å². The Morgan fingerprint density at radius 1 is 0.605 bits per heavy atom. The van der Waals surface area contributed by atoms with E-state index in [4.69, 9.17) is 0 Å². The predicted octanol–water partition coefficient (Wildman–Crippen LogP) is 11.1. The van der Waals surface area contributed by atoms with Crippen LogP contribution in [0.2, 0.25) is 0 Å². The molecule has 0 saturated heterocycles. The second-order valence-electron chi connectivity index (χ2n) is 13.1. The monoisotopic (exact) mass is 555 g/mol. The molecule has 0 aliphatic heterocycles. The van der Waals surface area contributed by atoms with Gasteiger partial charge in [0.05, 0.1) is 0 Å². The van der Waals surface area contributed by atoms with Crippen molar-refractivity contribution in [2.24, 2.45) is 5.92 Å². The van der Waals surface area contributed by atoms with E-state index >= 15 is 0 Å². The molecule has 4 atom stereocenters. The Morgan fingerprint density at radius 3 is 2.02 bits per heavy atom. The molecule has 8 rings (SSSR count). The molecule has 0 fully saturated rings. The van der Waals surface area contributed by atoms with Crippen molar-refractivity contribution in [2.75, 3.05) is 5.32 Å². The normalized spacial score (nSPS) is 21.0. The predicted molar refractivity (Wildman–Crippen MR) is 181 cm³/mol. The average Bonchev–Trinajstić information content (AvgIpc) is 3.50. The highest BCUT2D eigenvalue weighted by Gasteiger charge is 2.41. The molecule has 5 aromatic rings. The number of hydrogen-bond donors (Lipinski definition) is 1. The standard InChI is InChI=1S/C42H37N/c1-27(41-37-13-6-4-10-33(37)34-11-5-7-14-38(34)41)28-16-18-29(19-17-28)30-20-22-31(23-21-30)43-32-24-25-36-35-12-8-9-15-39(35)42(2,3)40(36)26-32/h4-27,33,37,41,43H,1-3H3. The summed E-state index contributed by atoms with van der Waals surface area (Å²) in [6.45, 7) is 7.07. The molecular formula is C42H37N. The van der Waals surface area contributed by atoms with Crippen molar-refractivity contribution in [3.05, 3.63) is 167 Å². The van der Waals surface area contributed by atoms with Crippen LogP contribution >= 0.6 is 0 Å². The lowest BCUT2D eigenvalue weighted by Gasteiger charge is -2.28. The maximum Gasteiger partial charge on any atom is 0.0387 e. The van der Waals surface area contributed by atoms with Gasteiger partial charge in [-0.15, -0.1) is 0 Å². The molecule has 43 heavy (non-hydrogen) atoms. The molecule has 0 spiro atoms. The van der Waals surface area contributed by atoms with Crippen molar-refractivity contribution in [1.29, 1.82) is 0 Å². The largest absolute Gasteiger partial charge is 0.356 e. The summed E-state index contributed by atoms with van der Waals surface area (Å²) < 4.78 is 0. The Bertz CT molecular complexity index is 1890. The molecule has 0 aromatic heterocycles. The van der Waals surface area contributed by atoms with Crippen LogP contribution in [0.3, 0.4) is 0 Å². The van der Waals surface area contributed by atoms with Gasteiger partial charge in [0, 0.05) is 22.7 Å². The van der Waals surface area contributed by atoms with Gasteiger partial charge in [-0.05, 0) is 92.1 Å². The Morgan fingerprint density at radius 2 is 1.23 bits per heavy atom. The molecule has 1 heteroatoms. The van der Waals surface area contributed by atoms with Gasteiger partial charge in [0.1, 0.15) is 0 Å². The Kier molecular flexibility index (Phi) is 6.05. The number of allylic oxidation sites excluding steroid dienone is 4. The summed E-state index contributed by atoms with van der Waals surface area (Å²) in [7, 11) is 0. The third kappa shape index (κ3) is 4.21. The van der Waals surface area contributed by atoms with Crippen LogP contribution in [0.15, 0.2) is 140 Å². The molecule has 3 aliphatic carbocycles. The fourth-order valence-corrected chi connectivity index (χ4v) is 8.09. The fraction of sp³-hybridized carbons (Fsp3) is 0.190. The van der Waals surface area contributed by atoms with Crippen LogP contribution in [0.25, 0.3) is 22.3 Å². The molecule has 0 bridgehead atoms. The highest BCUT2D eigenvalue weighted by Crippen LogP contribution is 2.54. The molecule has 5 aromatic carbocycles. The van der Waals surface area contributed by atoms with Gasteiger partial charge in [0.25, 0.3) is 0 Å². The van der Waals surface area contributed by atoms with E-state index < -0.39 is 0 Å². The zero-order valence-corrected chi connectivity index (χ0v) is 25.1. The summed E-state index contributed by atoms with van der Waals surface area (Å²) in [6.07, 6.45) is 9.27. The highest BCUT2D eigenvalue weighted by molar-refractivity contribution is 5.83. The molecule has 210 valence electrons. The molecule has 3 aliphatic rings. The minimum Gasteiger partial charge on any atom is -0.356 e. The third-order valence-corrected chi connectivity index (χ3v) is 10.4. The van der Waals surface area contributed by atoms with Crippen LogP contribution in [-0.4, -0.2) is 0 Å². The number of rotatable bonds is 5. The van der Waals surface area contributed by atoms with Crippen LogP contribution in [0.4, 0.5) is 11.4 Å². The maximum absolute atomic E-state index is 3.65. The van der Waals surface area contributed by atoms with E-state index in [2.05, 4.69) is 166 Å². The summed E-state index contributed by atoms with van der Waals surface area (Å²) in [5.74, 6) is 1.97. The van der Waals surface area contributed by atoms with Gasteiger partial charge in [0.2, 0.25) is 0 Å². The molecule has 0 amide bonds. The topological polar surface area (TPSA) is 12.0 Å². The van der Waals surface area contributed by atoms with Gasteiger partial charge >= 0.3 is 0 Å². The number of benzene rings is 5. The SMILES string of the molecule is CC(c1ccc(-c2ccc(Nc3ccc4c(c3)C(C)(C)c3ccccc3-4)cc2)cc1)C1c2ccccc2C2C=CC=CC21. The Balaban J connectivity index is 0.998. The van der Waals surface area contributed by atoms with Crippen molar-refractivity contribution in [3.63, 3.8) is 0 Å². The zero-order chi connectivity index (χ0) is 29.1. The van der Waals surface area contributed by atoms with Crippen molar-refractivity contribution < 1.29 is 0 Å². The van der Waals surface area contributed by atoms with Crippen LogP contribution in [0, 0.1) is 5.92 Å². The first-order valence-corrected chi connectivity index (χ1v) is 15.6. The minimum absolute atomic E-state index is 0.00411. The van der Waals surface area contributed by atoms with Gasteiger partial charge in [-0.2, -0.15) is 0 Å². The Hall–Kier alpha value is -4.62. The van der Waals surface area contributed by atoms with E-state index in [1.54, 1.807) is 0 Å². The maximum atomic E-state index is 3.65. The fourth-order valence-electron chi connectivity index (χ4n) is 8.09. The van der Waals surface area contributed by atoms with Crippen molar-refractivity contribution in [2.45, 2.75) is 43.9 Å². The first kappa shape index (κ1) is 26.0. The lowest BCUT2D eigenvalue weighted by atomic mass is 9.75. The van der Waals surface area contributed by atoms with Crippen LogP contribution in [0.1, 0.15) is 66.3 Å². The first-order valence-electron chi connectivity index (χ1n) is 15.6. The number of hydrogen-bond acceptors (Lipinski definition) is 1. The second-order valence-corrected chi connectivity index (χ2v) is 13.1. The van der Waals surface area contributed by atoms with E-state index in [0.29, 0.717) is 23.7 Å². The lowest BCUT2D eigenvalue weighted by molar-refractivity contribution is 0.453. The minimum atomic E-state index is 0.00411. The van der Waals surface area contributed by atoms with Gasteiger partial charge in [-0.25, -0.2) is 0 Å². The number of fused-ring (bicyclic) bond motifs is 6. The van der Waals surface area contributed by atoms with Crippen LogP contribution < -0.4 is 5.32 Å². The van der Waals surface area contributed by atoms with E-state index in [-0.39, 0.29) is 5.41 Å². The molecule has 1 N–H and O–H groups in total. The molecule has 0 heterocycles. The average molecular weight is 556 g/mol. The molecule has 4 unspecified atom stereocenters. The van der Waals surface area contributed by atoms with E-state index in [9.17, 15) is 0 Å². The summed E-state index contributed by atoms with van der Waals surface area (Å²) in [5.41, 5.74) is 14.7. The van der Waals surface area contributed by atoms with Gasteiger partial charge < -0.3 is 5.32 Å². The number of anilines is 2. The first-order chi connectivity index (χ1) is 21.0. The molecular weight excluding hydrogens is 518 g/mol. The smallest absolute Gasteiger partial charge is 0.0387 e. The van der Waals surface area contributed by atoms with Crippen LogP contribution in [0.5, 0.6) is 0 Å². The van der Waals surface area contributed by atoms with Crippen molar-refractivity contribution in [1.82, 2.24) is 0 Å². The van der Waals surface area contributed by atoms with E-state index in [0.717, 1.165) is 11.4 Å². The lowest BCUT2D eigenvalue weighted by Crippen LogP contribution is -2.16. The third-order valence-electron chi connectivity index (χ3n) is 10.4. The Labute approximate surface area is 255 Å². The number of nitrogens with one attached hydrogen (secondary N) is 1. The summed E-state index contributed by atoms with van der Waals surface area (Å²) >= 11 is 0. The van der Waals surface area contributed by atoms with Crippen molar-refractivity contribution >= 4 is 11.4 Å². The van der Waals surface area contributed by atoms with Gasteiger partial charge in [-0.1, -0.05) is 136 Å².